The average molecular weight is 276 g/mol. The first kappa shape index (κ1) is 11.7. The molecule has 0 radical (unpaired) electrons. The highest BCUT2D eigenvalue weighted by molar-refractivity contribution is 8.13. The molecule has 0 bridgehead atoms. The van der Waals surface area contributed by atoms with E-state index in [-0.39, 0.29) is 22.2 Å². The number of aromatic amines is 1. The lowest BCUT2D eigenvalue weighted by atomic mass is 10.4. The molecule has 10 heteroatoms. The van der Waals surface area contributed by atoms with Crippen LogP contribution in [0.1, 0.15) is 0 Å². The van der Waals surface area contributed by atoms with Gasteiger partial charge in [0.15, 0.2) is 5.82 Å². The van der Waals surface area contributed by atoms with Gasteiger partial charge < -0.3 is 0 Å². The number of H-pyrrole nitrogens is 1. The minimum absolute atomic E-state index is 0.181. The van der Waals surface area contributed by atoms with Gasteiger partial charge >= 0.3 is 0 Å². The molecule has 0 aliphatic rings. The summed E-state index contributed by atoms with van der Waals surface area (Å²) in [5.41, 5.74) is -0.0905. The van der Waals surface area contributed by atoms with Crippen molar-refractivity contribution in [2.75, 3.05) is 0 Å². The van der Waals surface area contributed by atoms with Crippen LogP contribution < -0.4 is 5.56 Å². The first-order chi connectivity index (χ1) is 7.89. The summed E-state index contributed by atoms with van der Waals surface area (Å²) in [5.74, 6) is 0.181. The lowest BCUT2D eigenvalue weighted by Crippen LogP contribution is -2.08. The van der Waals surface area contributed by atoms with Gasteiger partial charge in [0.1, 0.15) is 5.69 Å². The van der Waals surface area contributed by atoms with Gasteiger partial charge in [0, 0.05) is 23.8 Å². The summed E-state index contributed by atoms with van der Waals surface area (Å²) in [5, 5.41) is 12.6. The maximum atomic E-state index is 11.1. The smallest absolute Gasteiger partial charge is 0.296 e. The number of nitrogens with one attached hydrogen (secondary N) is 1. The Kier molecular flexibility index (Phi) is 2.71. The lowest BCUT2D eigenvalue weighted by Gasteiger charge is -1.99. The Morgan fingerprint density at radius 2 is 2.06 bits per heavy atom. The van der Waals surface area contributed by atoms with Crippen LogP contribution in [0, 0.1) is 0 Å². The van der Waals surface area contributed by atoms with Crippen LogP contribution >= 0.6 is 10.7 Å². The molecular weight excluding hydrogens is 270 g/mol. The van der Waals surface area contributed by atoms with Crippen molar-refractivity contribution in [1.29, 1.82) is 0 Å². The molecule has 2 rings (SSSR count). The molecule has 0 unspecified atom stereocenters. The maximum absolute atomic E-state index is 11.1. The molecule has 2 heterocycles. The van der Waals surface area contributed by atoms with Crippen molar-refractivity contribution in [3.63, 3.8) is 0 Å². The molecule has 0 saturated heterocycles. The topological polar surface area (TPSA) is 111 Å². The molecule has 0 aliphatic carbocycles. The highest BCUT2D eigenvalue weighted by Gasteiger charge is 2.21. The Morgan fingerprint density at radius 3 is 2.53 bits per heavy atom. The number of rotatable bonds is 2. The minimum Gasteiger partial charge on any atom is -0.299 e. The molecular formula is C7H6ClN5O3S. The molecule has 8 nitrogen and oxygen atoms in total. The van der Waals surface area contributed by atoms with Crippen LogP contribution in [0.3, 0.4) is 0 Å². The quantitative estimate of drug-likeness (QED) is 0.739. The first-order valence-electron chi connectivity index (χ1n) is 4.30. The normalized spacial score (nSPS) is 11.6. The summed E-state index contributed by atoms with van der Waals surface area (Å²) >= 11 is 0. The Balaban J connectivity index is 2.59. The second kappa shape index (κ2) is 3.93. The summed E-state index contributed by atoms with van der Waals surface area (Å²) in [7, 11) is 2.62. The summed E-state index contributed by atoms with van der Waals surface area (Å²) in [6.45, 7) is 0. The summed E-state index contributed by atoms with van der Waals surface area (Å²) in [6, 6.07) is 2.64. The molecule has 0 amide bonds. The van der Waals surface area contributed by atoms with Gasteiger partial charge in [0.2, 0.25) is 0 Å². The van der Waals surface area contributed by atoms with E-state index in [1.807, 2.05) is 0 Å². The fourth-order valence-electron chi connectivity index (χ4n) is 1.22. The molecule has 0 saturated carbocycles. The van der Waals surface area contributed by atoms with E-state index in [1.54, 1.807) is 0 Å². The van der Waals surface area contributed by atoms with Crippen LogP contribution in [0.2, 0.25) is 0 Å². The fraction of sp³-hybridized carbons (Fsp3) is 0.143. The van der Waals surface area contributed by atoms with Gasteiger partial charge in [-0.3, -0.25) is 9.36 Å². The average Bonchev–Trinajstić information content (AvgIpc) is 2.61. The van der Waals surface area contributed by atoms with E-state index in [2.05, 4.69) is 20.4 Å². The molecule has 0 fully saturated rings. The molecule has 0 atom stereocenters. The predicted octanol–water partition coefficient (Wildman–Crippen LogP) is -0.507. The number of hydrogen-bond acceptors (Lipinski definition) is 6. The summed E-state index contributed by atoms with van der Waals surface area (Å²) < 4.78 is 23.4. The molecule has 1 N–H and O–H groups in total. The van der Waals surface area contributed by atoms with Crippen molar-refractivity contribution in [3.05, 3.63) is 22.5 Å². The molecule has 2 aromatic heterocycles. The highest BCUT2D eigenvalue weighted by Crippen LogP contribution is 2.17. The molecule has 17 heavy (non-hydrogen) atoms. The highest BCUT2D eigenvalue weighted by atomic mass is 35.7. The molecule has 0 spiro atoms. The van der Waals surface area contributed by atoms with Gasteiger partial charge in [0.05, 0.1) is 0 Å². The van der Waals surface area contributed by atoms with Crippen molar-refractivity contribution in [2.45, 2.75) is 5.16 Å². The monoisotopic (exact) mass is 275 g/mol. The zero-order chi connectivity index (χ0) is 12.6. The van der Waals surface area contributed by atoms with Gasteiger partial charge in [-0.2, -0.15) is 5.10 Å². The van der Waals surface area contributed by atoms with E-state index in [9.17, 15) is 13.2 Å². The number of aromatic nitrogens is 5. The summed E-state index contributed by atoms with van der Waals surface area (Å²) in [6.07, 6.45) is 0. The van der Waals surface area contributed by atoms with Crippen LogP contribution in [0.4, 0.5) is 0 Å². The van der Waals surface area contributed by atoms with Gasteiger partial charge in [-0.05, 0) is 6.07 Å². The zero-order valence-electron chi connectivity index (χ0n) is 8.45. The molecule has 0 aromatic carbocycles. The van der Waals surface area contributed by atoms with Gasteiger partial charge in [-0.25, -0.2) is 13.5 Å². The van der Waals surface area contributed by atoms with Crippen molar-refractivity contribution >= 4 is 19.7 Å². The number of nitrogens with zero attached hydrogens (tertiary/aromatic N) is 4. The third-order valence-electron chi connectivity index (χ3n) is 1.96. The Hall–Kier alpha value is -1.74. The lowest BCUT2D eigenvalue weighted by molar-refractivity contribution is 0.593. The van der Waals surface area contributed by atoms with E-state index in [1.165, 1.54) is 23.7 Å². The third kappa shape index (κ3) is 2.19. The van der Waals surface area contributed by atoms with Gasteiger partial charge in [-0.1, -0.05) is 0 Å². The Morgan fingerprint density at radius 1 is 1.35 bits per heavy atom. The van der Waals surface area contributed by atoms with Crippen molar-refractivity contribution in [2.24, 2.45) is 7.05 Å². The Labute approximate surface area is 99.7 Å². The SMILES string of the molecule is Cn1c(-c2ccc(=O)[nH]n2)nnc1S(=O)(=O)Cl. The van der Waals surface area contributed by atoms with E-state index >= 15 is 0 Å². The number of halogens is 1. The van der Waals surface area contributed by atoms with E-state index in [0.717, 1.165) is 0 Å². The second-order valence-electron chi connectivity index (χ2n) is 3.11. The standard InChI is InChI=1S/C7H6ClN5O3S/c1-13-6(4-2-3-5(14)10-9-4)11-12-7(13)17(8,15)16/h2-3H,1H3,(H,10,14). The molecule has 90 valence electrons. The fourth-order valence-corrected chi connectivity index (χ4v) is 2.17. The van der Waals surface area contributed by atoms with Crippen LogP contribution in [-0.2, 0) is 16.1 Å². The third-order valence-corrected chi connectivity index (χ3v) is 3.17. The molecule has 0 aliphatic heterocycles. The first-order valence-corrected chi connectivity index (χ1v) is 6.60. The second-order valence-corrected chi connectivity index (χ2v) is 5.57. The van der Waals surface area contributed by atoms with Crippen molar-refractivity contribution in [3.8, 4) is 11.5 Å². The zero-order valence-corrected chi connectivity index (χ0v) is 10.0. The van der Waals surface area contributed by atoms with Gasteiger partial charge in [-0.15, -0.1) is 10.2 Å². The summed E-state index contributed by atoms with van der Waals surface area (Å²) in [4.78, 5) is 10.8. The van der Waals surface area contributed by atoms with Gasteiger partial charge in [0.25, 0.3) is 19.8 Å². The maximum Gasteiger partial charge on any atom is 0.296 e. The molecule has 2 aromatic rings. The minimum atomic E-state index is -3.97. The number of hydrogen-bond donors (Lipinski definition) is 1. The van der Waals surface area contributed by atoms with E-state index in [0.29, 0.717) is 0 Å². The largest absolute Gasteiger partial charge is 0.299 e. The van der Waals surface area contributed by atoms with E-state index < -0.39 is 9.05 Å². The van der Waals surface area contributed by atoms with Crippen molar-refractivity contribution < 1.29 is 8.42 Å². The van der Waals surface area contributed by atoms with E-state index in [4.69, 9.17) is 10.7 Å². The Bertz CT molecular complexity index is 699. The van der Waals surface area contributed by atoms with Crippen LogP contribution in [-0.4, -0.2) is 33.4 Å². The predicted molar refractivity (Wildman–Crippen MR) is 57.9 cm³/mol. The van der Waals surface area contributed by atoms with Crippen LogP contribution in [0.15, 0.2) is 22.1 Å². The van der Waals surface area contributed by atoms with Crippen LogP contribution in [0.5, 0.6) is 0 Å². The van der Waals surface area contributed by atoms with Crippen LogP contribution in [0.25, 0.3) is 11.5 Å². The van der Waals surface area contributed by atoms with Crippen molar-refractivity contribution in [1.82, 2.24) is 25.0 Å².